The maximum absolute atomic E-state index is 5.76. The molecule has 0 fully saturated rings. The number of nitrogens with zero attached hydrogens (tertiary/aromatic N) is 5. The molecular weight excluding hydrogens is 340 g/mol. The fraction of sp³-hybridized carbons (Fsp3) is 0.450. The van der Waals surface area contributed by atoms with E-state index in [0.717, 1.165) is 55.6 Å². The van der Waals surface area contributed by atoms with Gasteiger partial charge in [-0.25, -0.2) is 4.98 Å². The van der Waals surface area contributed by atoms with Crippen LogP contribution in [0.15, 0.2) is 41.2 Å². The first-order chi connectivity index (χ1) is 13.2. The molecule has 1 aliphatic heterocycles. The lowest BCUT2D eigenvalue weighted by Crippen LogP contribution is -2.34. The molecule has 7 heteroatoms. The van der Waals surface area contributed by atoms with E-state index in [0.29, 0.717) is 12.5 Å². The van der Waals surface area contributed by atoms with Crippen molar-refractivity contribution in [3.63, 3.8) is 0 Å². The molecule has 0 radical (unpaired) electrons. The van der Waals surface area contributed by atoms with Crippen molar-refractivity contribution in [1.29, 1.82) is 0 Å². The largest absolute Gasteiger partial charge is 0.466 e. The maximum atomic E-state index is 5.76. The average Bonchev–Trinajstić information content (AvgIpc) is 3.30. The number of aromatic nitrogens is 4. The van der Waals surface area contributed by atoms with Gasteiger partial charge < -0.3 is 9.73 Å². The number of nitrogens with one attached hydrogen (secondary N) is 1. The van der Waals surface area contributed by atoms with Crippen molar-refractivity contribution in [2.45, 2.75) is 45.8 Å². The molecule has 0 bridgehead atoms. The summed E-state index contributed by atoms with van der Waals surface area (Å²) in [5, 5.41) is 7.98. The normalized spacial score (nSPS) is 15.5. The molecule has 1 atom stereocenters. The van der Waals surface area contributed by atoms with Crippen LogP contribution in [0, 0.1) is 6.92 Å². The summed E-state index contributed by atoms with van der Waals surface area (Å²) in [4.78, 5) is 10.8. The third-order valence-corrected chi connectivity index (χ3v) is 5.07. The topological polar surface area (TPSA) is 72.0 Å². The Kier molecular flexibility index (Phi) is 5.20. The van der Waals surface area contributed by atoms with Gasteiger partial charge in [-0.3, -0.25) is 14.6 Å². The minimum Gasteiger partial charge on any atom is -0.466 e. The molecule has 1 unspecified atom stereocenters. The molecule has 27 heavy (non-hydrogen) atoms. The molecule has 0 aromatic carbocycles. The predicted octanol–water partition coefficient (Wildman–Crippen LogP) is 3.20. The lowest BCUT2D eigenvalue weighted by Gasteiger charge is -2.28. The Bertz CT molecular complexity index is 872. The number of fused-ring (bicyclic) bond motifs is 1. The summed E-state index contributed by atoms with van der Waals surface area (Å²) in [5.41, 5.74) is 2.32. The lowest BCUT2D eigenvalue weighted by atomic mass is 10.0. The minimum atomic E-state index is 0.442. The van der Waals surface area contributed by atoms with Crippen molar-refractivity contribution in [2.24, 2.45) is 0 Å². The molecule has 0 amide bonds. The number of aryl methyl sites for hydroxylation is 1. The van der Waals surface area contributed by atoms with Crippen LogP contribution in [0.3, 0.4) is 0 Å². The van der Waals surface area contributed by atoms with Crippen molar-refractivity contribution in [1.82, 2.24) is 24.6 Å². The minimum absolute atomic E-state index is 0.442. The van der Waals surface area contributed by atoms with Crippen LogP contribution in [0.5, 0.6) is 0 Å². The van der Waals surface area contributed by atoms with Crippen LogP contribution in [0.25, 0.3) is 0 Å². The fourth-order valence-corrected chi connectivity index (χ4v) is 3.47. The second-order valence-corrected chi connectivity index (χ2v) is 7.21. The first kappa shape index (κ1) is 17.7. The number of rotatable bonds is 7. The van der Waals surface area contributed by atoms with E-state index < -0.39 is 0 Å². The first-order valence-corrected chi connectivity index (χ1v) is 9.51. The zero-order valence-electron chi connectivity index (χ0n) is 15.9. The highest BCUT2D eigenvalue weighted by atomic mass is 16.3. The Morgan fingerprint density at radius 2 is 2.19 bits per heavy atom. The summed E-state index contributed by atoms with van der Waals surface area (Å²) in [7, 11) is 0. The van der Waals surface area contributed by atoms with Gasteiger partial charge in [-0.05, 0) is 38.1 Å². The van der Waals surface area contributed by atoms with Crippen LogP contribution in [-0.4, -0.2) is 37.7 Å². The Balaban J connectivity index is 1.30. The molecule has 142 valence electrons. The van der Waals surface area contributed by atoms with E-state index in [4.69, 9.17) is 9.52 Å². The van der Waals surface area contributed by atoms with Crippen LogP contribution in [0.2, 0.25) is 0 Å². The Labute approximate surface area is 159 Å². The summed E-state index contributed by atoms with van der Waals surface area (Å²) >= 11 is 0. The van der Waals surface area contributed by atoms with E-state index in [2.05, 4.69) is 43.9 Å². The number of furan rings is 1. The molecule has 4 rings (SSSR count). The van der Waals surface area contributed by atoms with Gasteiger partial charge in [-0.2, -0.15) is 5.10 Å². The Hall–Kier alpha value is -2.67. The molecule has 0 saturated heterocycles. The third kappa shape index (κ3) is 4.36. The molecule has 4 heterocycles. The van der Waals surface area contributed by atoms with Gasteiger partial charge in [0.15, 0.2) is 0 Å². The SMILES string of the molecule is Cc1ccc(C(C)CCN2CCn3nc(CNc4cnccn4)cc3C2)o1. The van der Waals surface area contributed by atoms with Gasteiger partial charge in [0.05, 0.1) is 30.7 Å². The van der Waals surface area contributed by atoms with E-state index in [1.807, 2.05) is 13.0 Å². The number of hydrogen-bond donors (Lipinski definition) is 1. The smallest absolute Gasteiger partial charge is 0.144 e. The summed E-state index contributed by atoms with van der Waals surface area (Å²) in [6.45, 7) is 8.89. The third-order valence-electron chi connectivity index (χ3n) is 5.07. The molecule has 1 N–H and O–H groups in total. The van der Waals surface area contributed by atoms with Gasteiger partial charge in [-0.15, -0.1) is 0 Å². The van der Waals surface area contributed by atoms with Crippen molar-refractivity contribution < 1.29 is 4.42 Å². The lowest BCUT2D eigenvalue weighted by molar-refractivity contribution is 0.204. The van der Waals surface area contributed by atoms with Gasteiger partial charge in [0.2, 0.25) is 0 Å². The molecule has 7 nitrogen and oxygen atoms in total. The molecule has 0 saturated carbocycles. The maximum Gasteiger partial charge on any atom is 0.144 e. The quantitative estimate of drug-likeness (QED) is 0.692. The van der Waals surface area contributed by atoms with Gasteiger partial charge >= 0.3 is 0 Å². The van der Waals surface area contributed by atoms with Gasteiger partial charge in [-0.1, -0.05) is 6.92 Å². The van der Waals surface area contributed by atoms with E-state index in [-0.39, 0.29) is 0 Å². The monoisotopic (exact) mass is 366 g/mol. The van der Waals surface area contributed by atoms with Gasteiger partial charge in [0.1, 0.15) is 17.3 Å². The standard InChI is InChI=1S/C20H26N6O/c1-15(19-4-3-16(2)27-19)5-8-25-9-10-26-18(14-25)11-17(24-26)12-23-20-13-21-6-7-22-20/h3-4,6-7,11,13,15H,5,8-10,12,14H2,1-2H3,(H,22,23). The Morgan fingerprint density at radius 3 is 2.96 bits per heavy atom. The molecule has 1 aliphatic rings. The molecule has 0 aliphatic carbocycles. The number of hydrogen-bond acceptors (Lipinski definition) is 6. The van der Waals surface area contributed by atoms with Crippen LogP contribution in [-0.2, 0) is 19.6 Å². The van der Waals surface area contributed by atoms with Crippen molar-refractivity contribution in [3.8, 4) is 0 Å². The van der Waals surface area contributed by atoms with Crippen molar-refractivity contribution in [2.75, 3.05) is 18.4 Å². The second kappa shape index (κ2) is 7.92. The summed E-state index contributed by atoms with van der Waals surface area (Å²) in [5.74, 6) is 3.29. The van der Waals surface area contributed by atoms with Crippen LogP contribution in [0.4, 0.5) is 5.82 Å². The summed E-state index contributed by atoms with van der Waals surface area (Å²) < 4.78 is 7.89. The van der Waals surface area contributed by atoms with E-state index in [9.17, 15) is 0 Å². The summed E-state index contributed by atoms with van der Waals surface area (Å²) in [6, 6.07) is 6.33. The summed E-state index contributed by atoms with van der Waals surface area (Å²) in [6.07, 6.45) is 6.17. The predicted molar refractivity (Wildman–Crippen MR) is 103 cm³/mol. The molecule has 3 aromatic rings. The zero-order chi connectivity index (χ0) is 18.6. The van der Waals surface area contributed by atoms with Gasteiger partial charge in [0.25, 0.3) is 0 Å². The molecule has 0 spiro atoms. The zero-order valence-corrected chi connectivity index (χ0v) is 15.9. The van der Waals surface area contributed by atoms with E-state index >= 15 is 0 Å². The molecule has 3 aromatic heterocycles. The van der Waals surface area contributed by atoms with Crippen molar-refractivity contribution in [3.05, 3.63) is 59.7 Å². The van der Waals surface area contributed by atoms with Gasteiger partial charge in [0, 0.05) is 31.4 Å². The van der Waals surface area contributed by atoms with Crippen LogP contribution >= 0.6 is 0 Å². The van der Waals surface area contributed by atoms with Crippen LogP contribution < -0.4 is 5.32 Å². The highest BCUT2D eigenvalue weighted by Crippen LogP contribution is 2.23. The number of anilines is 1. The second-order valence-electron chi connectivity index (χ2n) is 7.21. The first-order valence-electron chi connectivity index (χ1n) is 9.51. The highest BCUT2D eigenvalue weighted by Gasteiger charge is 2.19. The fourth-order valence-electron chi connectivity index (χ4n) is 3.47. The highest BCUT2D eigenvalue weighted by molar-refractivity contribution is 5.31. The van der Waals surface area contributed by atoms with E-state index in [1.165, 1.54) is 5.69 Å². The van der Waals surface area contributed by atoms with Crippen LogP contribution in [0.1, 0.15) is 42.2 Å². The van der Waals surface area contributed by atoms with E-state index in [1.54, 1.807) is 18.6 Å². The Morgan fingerprint density at radius 1 is 1.26 bits per heavy atom. The molecular formula is C20H26N6O. The van der Waals surface area contributed by atoms with Crippen molar-refractivity contribution >= 4 is 5.82 Å². The average molecular weight is 366 g/mol.